The standard InChI is InChI=1S/C24H35N5O2S/c1-16(2)12-25-22(30)13-28-6-8-29(9-7-28)14-23(31)27-24-26-21(15-32-24)20-11-18(4)17(3)10-19(20)5/h10-11,15-16H,6-9,12-14H2,1-5H3,(H,25,30)(H,26,27,31). The van der Waals surface area contributed by atoms with Gasteiger partial charge >= 0.3 is 0 Å². The number of rotatable bonds is 8. The summed E-state index contributed by atoms with van der Waals surface area (Å²) in [5.41, 5.74) is 5.70. The third-order valence-electron chi connectivity index (χ3n) is 5.77. The highest BCUT2D eigenvalue weighted by Gasteiger charge is 2.21. The van der Waals surface area contributed by atoms with Gasteiger partial charge in [-0.05, 0) is 49.4 Å². The Kier molecular flexibility index (Phi) is 8.39. The van der Waals surface area contributed by atoms with E-state index in [9.17, 15) is 9.59 Å². The molecular formula is C24H35N5O2S. The molecule has 0 radical (unpaired) electrons. The van der Waals surface area contributed by atoms with Gasteiger partial charge < -0.3 is 10.6 Å². The molecule has 0 bridgehead atoms. The molecule has 2 N–H and O–H groups in total. The molecule has 1 aromatic carbocycles. The van der Waals surface area contributed by atoms with Crippen LogP contribution in [-0.2, 0) is 9.59 Å². The lowest BCUT2D eigenvalue weighted by molar-refractivity contribution is -0.123. The first-order chi connectivity index (χ1) is 15.2. The van der Waals surface area contributed by atoms with E-state index < -0.39 is 0 Å². The lowest BCUT2D eigenvalue weighted by Gasteiger charge is -2.33. The summed E-state index contributed by atoms with van der Waals surface area (Å²) >= 11 is 1.45. The van der Waals surface area contributed by atoms with Crippen molar-refractivity contribution in [1.29, 1.82) is 0 Å². The van der Waals surface area contributed by atoms with E-state index in [1.54, 1.807) is 0 Å². The molecule has 0 saturated carbocycles. The van der Waals surface area contributed by atoms with Crippen LogP contribution in [0.3, 0.4) is 0 Å². The van der Waals surface area contributed by atoms with Gasteiger partial charge in [0, 0.05) is 43.7 Å². The number of aryl methyl sites for hydroxylation is 3. The number of nitrogens with one attached hydrogen (secondary N) is 2. The van der Waals surface area contributed by atoms with Crippen LogP contribution >= 0.6 is 11.3 Å². The molecule has 0 aliphatic carbocycles. The van der Waals surface area contributed by atoms with Crippen molar-refractivity contribution in [2.24, 2.45) is 5.92 Å². The number of benzene rings is 1. The summed E-state index contributed by atoms with van der Waals surface area (Å²) in [5.74, 6) is 0.475. The molecule has 3 rings (SSSR count). The first kappa shape index (κ1) is 24.4. The van der Waals surface area contributed by atoms with E-state index in [4.69, 9.17) is 0 Å². The van der Waals surface area contributed by atoms with Crippen molar-refractivity contribution in [3.05, 3.63) is 34.2 Å². The number of hydrogen-bond acceptors (Lipinski definition) is 6. The molecule has 0 atom stereocenters. The van der Waals surface area contributed by atoms with Crippen molar-refractivity contribution in [3.8, 4) is 11.3 Å². The van der Waals surface area contributed by atoms with Gasteiger partial charge in [-0.3, -0.25) is 19.4 Å². The third-order valence-corrected chi connectivity index (χ3v) is 6.53. The normalized spacial score (nSPS) is 15.2. The van der Waals surface area contributed by atoms with Crippen molar-refractivity contribution in [2.75, 3.05) is 51.1 Å². The average Bonchev–Trinajstić information content (AvgIpc) is 3.18. The summed E-state index contributed by atoms with van der Waals surface area (Å²) in [5, 5.41) is 8.53. The molecule has 1 saturated heterocycles. The van der Waals surface area contributed by atoms with E-state index in [0.29, 0.717) is 30.7 Å². The number of piperazine rings is 1. The molecule has 32 heavy (non-hydrogen) atoms. The minimum absolute atomic E-state index is 0.0502. The minimum atomic E-state index is -0.0502. The zero-order valence-electron chi connectivity index (χ0n) is 19.8. The van der Waals surface area contributed by atoms with E-state index in [0.717, 1.165) is 37.4 Å². The van der Waals surface area contributed by atoms with Gasteiger partial charge in [0.15, 0.2) is 5.13 Å². The van der Waals surface area contributed by atoms with Gasteiger partial charge in [0.25, 0.3) is 0 Å². The van der Waals surface area contributed by atoms with Gasteiger partial charge in [0.1, 0.15) is 0 Å². The second kappa shape index (κ2) is 11.0. The number of carbonyl (C=O) groups is 2. The summed E-state index contributed by atoms with van der Waals surface area (Å²) in [6.45, 7) is 15.1. The van der Waals surface area contributed by atoms with Gasteiger partial charge in [-0.1, -0.05) is 19.9 Å². The van der Waals surface area contributed by atoms with Gasteiger partial charge in [-0.25, -0.2) is 4.98 Å². The number of hydrogen-bond donors (Lipinski definition) is 2. The molecule has 1 fully saturated rings. The molecule has 2 aromatic rings. The third kappa shape index (κ3) is 6.85. The highest BCUT2D eigenvalue weighted by Crippen LogP contribution is 2.29. The molecule has 0 spiro atoms. The van der Waals surface area contributed by atoms with Crippen LogP contribution in [0, 0.1) is 26.7 Å². The monoisotopic (exact) mass is 457 g/mol. The number of nitrogens with zero attached hydrogens (tertiary/aromatic N) is 3. The SMILES string of the molecule is Cc1cc(C)c(-c2csc(NC(=O)CN3CCN(CC(=O)NCC(C)C)CC3)n2)cc1C. The molecule has 174 valence electrons. The Morgan fingerprint density at radius 1 is 0.969 bits per heavy atom. The van der Waals surface area contributed by atoms with Crippen LogP contribution < -0.4 is 10.6 Å². The van der Waals surface area contributed by atoms with Crippen LogP contribution in [0.15, 0.2) is 17.5 Å². The highest BCUT2D eigenvalue weighted by molar-refractivity contribution is 7.14. The maximum atomic E-state index is 12.5. The Morgan fingerprint density at radius 2 is 1.56 bits per heavy atom. The summed E-state index contributed by atoms with van der Waals surface area (Å²) in [6, 6.07) is 4.34. The van der Waals surface area contributed by atoms with Gasteiger partial charge in [-0.15, -0.1) is 11.3 Å². The largest absolute Gasteiger partial charge is 0.355 e. The van der Waals surface area contributed by atoms with Crippen LogP contribution in [0.4, 0.5) is 5.13 Å². The maximum Gasteiger partial charge on any atom is 0.240 e. The van der Waals surface area contributed by atoms with Crippen LogP contribution in [0.5, 0.6) is 0 Å². The second-order valence-electron chi connectivity index (χ2n) is 9.09. The molecule has 1 aromatic heterocycles. The fourth-order valence-corrected chi connectivity index (χ4v) is 4.46. The van der Waals surface area contributed by atoms with Crippen LogP contribution in [-0.4, -0.2) is 72.4 Å². The lowest BCUT2D eigenvalue weighted by atomic mass is 9.99. The Labute approximate surface area is 195 Å². The topological polar surface area (TPSA) is 77.6 Å². The number of aromatic nitrogens is 1. The van der Waals surface area contributed by atoms with E-state index in [1.165, 1.54) is 28.0 Å². The molecule has 1 aliphatic rings. The van der Waals surface area contributed by atoms with Crippen molar-refractivity contribution in [2.45, 2.75) is 34.6 Å². The molecule has 7 nitrogen and oxygen atoms in total. The van der Waals surface area contributed by atoms with E-state index in [1.807, 2.05) is 5.38 Å². The van der Waals surface area contributed by atoms with E-state index in [2.05, 4.69) is 72.2 Å². The molecule has 2 heterocycles. The Balaban J connectivity index is 1.45. The summed E-state index contributed by atoms with van der Waals surface area (Å²) in [4.78, 5) is 33.4. The predicted molar refractivity (Wildman–Crippen MR) is 131 cm³/mol. The summed E-state index contributed by atoms with van der Waals surface area (Å²) < 4.78 is 0. The Bertz CT molecular complexity index is 948. The molecular weight excluding hydrogens is 422 g/mol. The van der Waals surface area contributed by atoms with Gasteiger partial charge in [0.2, 0.25) is 11.8 Å². The van der Waals surface area contributed by atoms with Crippen molar-refractivity contribution >= 4 is 28.3 Å². The maximum absolute atomic E-state index is 12.5. The number of thiazole rings is 1. The van der Waals surface area contributed by atoms with Crippen LogP contribution in [0.2, 0.25) is 0 Å². The fourth-order valence-electron chi connectivity index (χ4n) is 3.74. The van der Waals surface area contributed by atoms with Gasteiger partial charge in [0.05, 0.1) is 18.8 Å². The average molecular weight is 458 g/mol. The molecule has 1 aliphatic heterocycles. The number of anilines is 1. The summed E-state index contributed by atoms with van der Waals surface area (Å²) in [6.07, 6.45) is 0. The zero-order valence-corrected chi connectivity index (χ0v) is 20.6. The van der Waals surface area contributed by atoms with Crippen LogP contribution in [0.25, 0.3) is 11.3 Å². The quantitative estimate of drug-likeness (QED) is 0.637. The van der Waals surface area contributed by atoms with Crippen molar-refractivity contribution in [1.82, 2.24) is 20.1 Å². The fraction of sp³-hybridized carbons (Fsp3) is 0.542. The van der Waals surface area contributed by atoms with E-state index in [-0.39, 0.29) is 11.8 Å². The van der Waals surface area contributed by atoms with Crippen molar-refractivity contribution < 1.29 is 9.59 Å². The summed E-state index contributed by atoms with van der Waals surface area (Å²) in [7, 11) is 0. The van der Waals surface area contributed by atoms with E-state index >= 15 is 0 Å². The smallest absolute Gasteiger partial charge is 0.240 e. The molecule has 0 unspecified atom stereocenters. The number of carbonyl (C=O) groups excluding carboxylic acids is 2. The van der Waals surface area contributed by atoms with Gasteiger partial charge in [-0.2, -0.15) is 0 Å². The highest BCUT2D eigenvalue weighted by atomic mass is 32.1. The molecule has 8 heteroatoms. The predicted octanol–water partition coefficient (Wildman–Crippen LogP) is 3.06. The Morgan fingerprint density at radius 3 is 2.19 bits per heavy atom. The minimum Gasteiger partial charge on any atom is -0.355 e. The molecule has 2 amide bonds. The number of amides is 2. The zero-order chi connectivity index (χ0) is 23.3. The second-order valence-corrected chi connectivity index (χ2v) is 9.95. The Hall–Kier alpha value is -2.29. The lowest BCUT2D eigenvalue weighted by Crippen LogP contribution is -2.51. The van der Waals surface area contributed by atoms with Crippen LogP contribution in [0.1, 0.15) is 30.5 Å². The van der Waals surface area contributed by atoms with Crippen molar-refractivity contribution in [3.63, 3.8) is 0 Å². The first-order valence-corrected chi connectivity index (χ1v) is 12.1. The first-order valence-electron chi connectivity index (χ1n) is 11.3.